The Hall–Kier alpha value is -1.86. The summed E-state index contributed by atoms with van der Waals surface area (Å²) in [4.78, 5) is 15.8. The van der Waals surface area contributed by atoms with Gasteiger partial charge in [-0.2, -0.15) is 12.6 Å². The van der Waals surface area contributed by atoms with Crippen LogP contribution >= 0.6 is 12.6 Å². The maximum Gasteiger partial charge on any atom is 0.412 e. The molecule has 3 N–H and O–H groups in total. The van der Waals surface area contributed by atoms with E-state index in [1.807, 2.05) is 0 Å². The molecule has 0 fully saturated rings. The van der Waals surface area contributed by atoms with Gasteiger partial charge in [-0.05, 0) is 49.0 Å². The van der Waals surface area contributed by atoms with Gasteiger partial charge in [0.15, 0.2) is 0 Å². The molecule has 23 heavy (non-hydrogen) atoms. The van der Waals surface area contributed by atoms with Crippen molar-refractivity contribution in [2.75, 3.05) is 18.5 Å². The summed E-state index contributed by atoms with van der Waals surface area (Å²) in [5.74, 6) is -0.0282. The van der Waals surface area contributed by atoms with Crippen LogP contribution < -0.4 is 11.1 Å². The molecule has 124 valence electrons. The fraction of sp³-hybridized carbons (Fsp3) is 0.375. The minimum Gasteiger partial charge on any atom is -0.448 e. The molecule has 2 aromatic rings. The van der Waals surface area contributed by atoms with Crippen molar-refractivity contribution < 1.29 is 13.9 Å². The average Bonchev–Trinajstić information content (AvgIpc) is 2.53. The van der Waals surface area contributed by atoms with E-state index in [-0.39, 0.29) is 17.7 Å². The maximum atomic E-state index is 13.2. The highest BCUT2D eigenvalue weighted by atomic mass is 32.1. The predicted molar refractivity (Wildman–Crippen MR) is 92.4 cm³/mol. The SMILES string of the molecule is NCCCCC(S)COC(=O)Nc1cc2cc(F)ccc2cn1. The zero-order valence-corrected chi connectivity index (χ0v) is 13.6. The van der Waals surface area contributed by atoms with Gasteiger partial charge in [-0.1, -0.05) is 6.42 Å². The van der Waals surface area contributed by atoms with Crippen LogP contribution in [-0.4, -0.2) is 29.5 Å². The van der Waals surface area contributed by atoms with E-state index in [1.54, 1.807) is 18.3 Å². The number of nitrogens with two attached hydrogens (primary N) is 1. The number of hydrogen-bond acceptors (Lipinski definition) is 5. The lowest BCUT2D eigenvalue weighted by molar-refractivity contribution is 0.161. The van der Waals surface area contributed by atoms with Gasteiger partial charge in [0.25, 0.3) is 0 Å². The number of amides is 1. The summed E-state index contributed by atoms with van der Waals surface area (Å²) in [7, 11) is 0. The highest BCUT2D eigenvalue weighted by Crippen LogP contribution is 2.18. The topological polar surface area (TPSA) is 77.2 Å². The lowest BCUT2D eigenvalue weighted by atomic mass is 10.2. The minimum atomic E-state index is -0.605. The molecule has 0 spiro atoms. The third-order valence-corrected chi connectivity index (χ3v) is 3.72. The molecule has 0 aliphatic carbocycles. The molecule has 0 radical (unpaired) electrons. The number of benzene rings is 1. The fourth-order valence-corrected chi connectivity index (χ4v) is 2.36. The van der Waals surface area contributed by atoms with E-state index < -0.39 is 6.09 Å². The Morgan fingerprint density at radius 3 is 2.96 bits per heavy atom. The van der Waals surface area contributed by atoms with E-state index in [0.29, 0.717) is 17.7 Å². The molecule has 1 amide bonds. The number of thiol groups is 1. The molecule has 0 aliphatic heterocycles. The van der Waals surface area contributed by atoms with Gasteiger partial charge in [0.2, 0.25) is 0 Å². The zero-order valence-electron chi connectivity index (χ0n) is 12.7. The molecule has 0 bridgehead atoms. The maximum absolute atomic E-state index is 13.2. The number of anilines is 1. The Morgan fingerprint density at radius 1 is 1.35 bits per heavy atom. The molecule has 0 saturated carbocycles. The first kappa shape index (κ1) is 17.5. The minimum absolute atomic E-state index is 0.0223. The van der Waals surface area contributed by atoms with E-state index >= 15 is 0 Å². The smallest absolute Gasteiger partial charge is 0.412 e. The number of carbonyl (C=O) groups excluding carboxylic acids is 1. The standard InChI is InChI=1S/C16H20FN3O2S/c17-13-5-4-11-9-19-15(8-12(11)7-13)20-16(21)22-10-14(23)3-1-2-6-18/h4-5,7-9,14,23H,1-3,6,10,18H2,(H,19,20,21). The van der Waals surface area contributed by atoms with E-state index in [1.165, 1.54) is 12.1 Å². The monoisotopic (exact) mass is 337 g/mol. The molecule has 1 aromatic heterocycles. The molecular weight excluding hydrogens is 317 g/mol. The molecule has 1 unspecified atom stereocenters. The Kier molecular flexibility index (Phi) is 6.61. The van der Waals surface area contributed by atoms with Gasteiger partial charge >= 0.3 is 6.09 Å². The van der Waals surface area contributed by atoms with E-state index in [2.05, 4.69) is 22.9 Å². The number of nitrogens with one attached hydrogen (secondary N) is 1. The summed E-state index contributed by atoms with van der Waals surface area (Å²) in [6.07, 6.45) is 3.68. The summed E-state index contributed by atoms with van der Waals surface area (Å²) >= 11 is 4.36. The highest BCUT2D eigenvalue weighted by molar-refractivity contribution is 7.81. The first-order valence-corrected chi connectivity index (χ1v) is 7.97. The number of carbonyl (C=O) groups is 1. The molecular formula is C16H20FN3O2S. The Morgan fingerprint density at radius 2 is 2.17 bits per heavy atom. The summed E-state index contributed by atoms with van der Waals surface area (Å²) in [6, 6.07) is 5.98. The van der Waals surface area contributed by atoms with Crippen molar-refractivity contribution in [3.8, 4) is 0 Å². The van der Waals surface area contributed by atoms with Gasteiger partial charge in [-0.15, -0.1) is 0 Å². The largest absolute Gasteiger partial charge is 0.448 e. The van der Waals surface area contributed by atoms with Crippen molar-refractivity contribution in [2.45, 2.75) is 24.5 Å². The Balaban J connectivity index is 1.85. The van der Waals surface area contributed by atoms with E-state index in [4.69, 9.17) is 10.5 Å². The molecule has 1 aromatic carbocycles. The fourth-order valence-electron chi connectivity index (χ4n) is 2.10. The summed E-state index contributed by atoms with van der Waals surface area (Å²) < 4.78 is 18.3. The van der Waals surface area contributed by atoms with Crippen LogP contribution in [0.2, 0.25) is 0 Å². The first-order chi connectivity index (χ1) is 11.1. The molecule has 5 nitrogen and oxygen atoms in total. The van der Waals surface area contributed by atoms with Crippen LogP contribution in [0.25, 0.3) is 10.8 Å². The van der Waals surface area contributed by atoms with Crippen LogP contribution in [0, 0.1) is 5.82 Å². The van der Waals surface area contributed by atoms with Crippen LogP contribution in [0.1, 0.15) is 19.3 Å². The molecule has 7 heteroatoms. The normalized spacial score (nSPS) is 12.1. The Bertz CT molecular complexity index is 669. The Labute approximate surface area is 139 Å². The lowest BCUT2D eigenvalue weighted by Gasteiger charge is -2.11. The number of halogens is 1. The predicted octanol–water partition coefficient (Wildman–Crippen LogP) is 3.35. The molecule has 0 aliphatic rings. The van der Waals surface area contributed by atoms with Crippen LogP contribution in [-0.2, 0) is 4.74 Å². The summed E-state index contributed by atoms with van der Waals surface area (Å²) in [5.41, 5.74) is 5.42. The number of hydrogen-bond donors (Lipinski definition) is 3. The number of rotatable bonds is 7. The van der Waals surface area contributed by atoms with Crippen molar-refractivity contribution in [1.29, 1.82) is 0 Å². The molecule has 1 atom stereocenters. The van der Waals surface area contributed by atoms with Gasteiger partial charge < -0.3 is 10.5 Å². The molecule has 1 heterocycles. The zero-order chi connectivity index (χ0) is 16.7. The average molecular weight is 337 g/mol. The van der Waals surface area contributed by atoms with Crippen molar-refractivity contribution in [3.05, 3.63) is 36.3 Å². The van der Waals surface area contributed by atoms with Crippen molar-refractivity contribution in [1.82, 2.24) is 4.98 Å². The third kappa shape index (κ3) is 5.69. The quantitative estimate of drug-likeness (QED) is 0.535. The summed E-state index contributed by atoms with van der Waals surface area (Å²) in [6.45, 7) is 0.859. The number of pyridine rings is 1. The number of ether oxygens (including phenoxy) is 1. The summed E-state index contributed by atoms with van der Waals surface area (Å²) in [5, 5.41) is 3.95. The van der Waals surface area contributed by atoms with Crippen LogP contribution in [0.15, 0.2) is 30.5 Å². The highest BCUT2D eigenvalue weighted by Gasteiger charge is 2.09. The third-order valence-electron chi connectivity index (χ3n) is 3.31. The number of unbranched alkanes of at least 4 members (excludes halogenated alkanes) is 1. The lowest BCUT2D eigenvalue weighted by Crippen LogP contribution is -2.19. The number of aromatic nitrogens is 1. The van der Waals surface area contributed by atoms with Crippen molar-refractivity contribution >= 4 is 35.3 Å². The van der Waals surface area contributed by atoms with Crippen molar-refractivity contribution in [2.24, 2.45) is 5.73 Å². The van der Waals surface area contributed by atoms with Crippen molar-refractivity contribution in [3.63, 3.8) is 0 Å². The number of nitrogens with zero attached hydrogens (tertiary/aromatic N) is 1. The van der Waals surface area contributed by atoms with Gasteiger partial charge in [0, 0.05) is 16.8 Å². The number of fused-ring (bicyclic) bond motifs is 1. The van der Waals surface area contributed by atoms with Gasteiger partial charge in [-0.3, -0.25) is 5.32 Å². The van der Waals surface area contributed by atoms with Crippen LogP contribution in [0.5, 0.6) is 0 Å². The van der Waals surface area contributed by atoms with E-state index in [9.17, 15) is 9.18 Å². The second kappa shape index (κ2) is 8.69. The molecule has 2 rings (SSSR count). The van der Waals surface area contributed by atoms with Gasteiger partial charge in [0.05, 0.1) is 0 Å². The van der Waals surface area contributed by atoms with Crippen LogP contribution in [0.3, 0.4) is 0 Å². The second-order valence-corrected chi connectivity index (χ2v) is 5.95. The van der Waals surface area contributed by atoms with Gasteiger partial charge in [-0.25, -0.2) is 14.2 Å². The van der Waals surface area contributed by atoms with E-state index in [0.717, 1.165) is 24.6 Å². The van der Waals surface area contributed by atoms with Crippen LogP contribution in [0.4, 0.5) is 15.0 Å². The second-order valence-electron chi connectivity index (χ2n) is 5.22. The first-order valence-electron chi connectivity index (χ1n) is 7.45. The molecule has 0 saturated heterocycles. The van der Waals surface area contributed by atoms with Gasteiger partial charge in [0.1, 0.15) is 18.2 Å².